The Morgan fingerprint density at radius 2 is 2.12 bits per heavy atom. The van der Waals surface area contributed by atoms with Gasteiger partial charge in [0.2, 0.25) is 0 Å². The highest BCUT2D eigenvalue weighted by molar-refractivity contribution is 5.62. The number of nitrogens with zero attached hydrogens (tertiary/aromatic N) is 2. The van der Waals surface area contributed by atoms with Crippen LogP contribution >= 0.6 is 0 Å². The zero-order valence-corrected chi connectivity index (χ0v) is 9.26. The lowest BCUT2D eigenvalue weighted by molar-refractivity contribution is 0.283. The smallest absolute Gasteiger partial charge is 0.149 e. The molecule has 0 aliphatic heterocycles. The lowest BCUT2D eigenvalue weighted by Gasteiger charge is -2.38. The van der Waals surface area contributed by atoms with Crippen LogP contribution in [0.15, 0.2) is 12.1 Å². The standard InChI is InChI=1S/C11H18N4O/c12-9-4-5-10(14-11(9)13)15(6-7-16)8-2-1-3-8/h4-5,8,16H,1-3,6-7,12H2,(H2,13,14). The van der Waals surface area contributed by atoms with Gasteiger partial charge in [0.25, 0.3) is 0 Å². The van der Waals surface area contributed by atoms with Gasteiger partial charge in [-0.2, -0.15) is 0 Å². The molecule has 0 atom stereocenters. The normalized spacial score (nSPS) is 15.8. The van der Waals surface area contributed by atoms with E-state index in [9.17, 15) is 0 Å². The summed E-state index contributed by atoms with van der Waals surface area (Å²) in [5.74, 6) is 1.17. The number of anilines is 3. The molecule has 0 amide bonds. The maximum absolute atomic E-state index is 9.06. The maximum atomic E-state index is 9.06. The summed E-state index contributed by atoms with van der Waals surface area (Å²) in [7, 11) is 0. The molecule has 1 aliphatic carbocycles. The van der Waals surface area contributed by atoms with E-state index in [1.165, 1.54) is 6.42 Å². The van der Waals surface area contributed by atoms with Crippen LogP contribution in [0.1, 0.15) is 19.3 Å². The first-order valence-corrected chi connectivity index (χ1v) is 5.62. The first-order valence-electron chi connectivity index (χ1n) is 5.62. The van der Waals surface area contributed by atoms with Gasteiger partial charge in [-0.3, -0.25) is 0 Å². The Morgan fingerprint density at radius 1 is 1.38 bits per heavy atom. The van der Waals surface area contributed by atoms with Gasteiger partial charge in [-0.15, -0.1) is 0 Å². The summed E-state index contributed by atoms with van der Waals surface area (Å²) < 4.78 is 0. The first-order chi connectivity index (χ1) is 7.72. The summed E-state index contributed by atoms with van der Waals surface area (Å²) in [6, 6.07) is 4.11. The Balaban J connectivity index is 2.20. The third-order valence-electron chi connectivity index (χ3n) is 3.09. The quantitative estimate of drug-likeness (QED) is 0.694. The van der Waals surface area contributed by atoms with Gasteiger partial charge in [0.05, 0.1) is 12.3 Å². The second-order valence-corrected chi connectivity index (χ2v) is 4.15. The number of aliphatic hydroxyl groups is 1. The molecule has 1 aromatic heterocycles. The molecule has 1 fully saturated rings. The highest BCUT2D eigenvalue weighted by atomic mass is 16.3. The van der Waals surface area contributed by atoms with E-state index in [0.717, 1.165) is 18.7 Å². The van der Waals surface area contributed by atoms with Crippen LogP contribution in [0.5, 0.6) is 0 Å². The minimum Gasteiger partial charge on any atom is -0.396 e. The van der Waals surface area contributed by atoms with Crippen LogP contribution in [0.3, 0.4) is 0 Å². The first kappa shape index (κ1) is 11.0. The summed E-state index contributed by atoms with van der Waals surface area (Å²) in [5, 5.41) is 9.06. The lowest BCUT2D eigenvalue weighted by Crippen LogP contribution is -2.42. The second kappa shape index (κ2) is 4.57. The predicted molar refractivity (Wildman–Crippen MR) is 65.1 cm³/mol. The second-order valence-electron chi connectivity index (χ2n) is 4.15. The molecule has 2 rings (SSSR count). The molecule has 5 heteroatoms. The summed E-state index contributed by atoms with van der Waals surface area (Å²) in [4.78, 5) is 6.37. The van der Waals surface area contributed by atoms with Crippen molar-refractivity contribution in [3.8, 4) is 0 Å². The molecule has 1 saturated carbocycles. The van der Waals surface area contributed by atoms with Crippen molar-refractivity contribution in [2.24, 2.45) is 0 Å². The molecule has 5 N–H and O–H groups in total. The lowest BCUT2D eigenvalue weighted by atomic mass is 9.91. The number of hydrogen-bond donors (Lipinski definition) is 3. The highest BCUT2D eigenvalue weighted by Crippen LogP contribution is 2.29. The van der Waals surface area contributed by atoms with Crippen LogP contribution in [-0.4, -0.2) is 29.3 Å². The van der Waals surface area contributed by atoms with Crippen molar-refractivity contribution in [1.29, 1.82) is 0 Å². The van der Waals surface area contributed by atoms with E-state index >= 15 is 0 Å². The van der Waals surface area contributed by atoms with Gasteiger partial charge in [0.1, 0.15) is 11.6 Å². The Morgan fingerprint density at radius 3 is 2.62 bits per heavy atom. The highest BCUT2D eigenvalue weighted by Gasteiger charge is 2.25. The Kier molecular flexibility index (Phi) is 3.14. The number of pyridine rings is 1. The van der Waals surface area contributed by atoms with E-state index in [-0.39, 0.29) is 6.61 Å². The van der Waals surface area contributed by atoms with Crippen LogP contribution in [0, 0.1) is 0 Å². The van der Waals surface area contributed by atoms with Crippen molar-refractivity contribution in [3.05, 3.63) is 12.1 Å². The molecule has 1 aliphatic rings. The van der Waals surface area contributed by atoms with Crippen molar-refractivity contribution < 1.29 is 5.11 Å². The van der Waals surface area contributed by atoms with E-state index in [1.54, 1.807) is 6.07 Å². The van der Waals surface area contributed by atoms with Crippen molar-refractivity contribution in [1.82, 2.24) is 4.98 Å². The van der Waals surface area contributed by atoms with Crippen LogP contribution < -0.4 is 16.4 Å². The van der Waals surface area contributed by atoms with E-state index in [4.69, 9.17) is 16.6 Å². The molecule has 16 heavy (non-hydrogen) atoms. The van der Waals surface area contributed by atoms with Crippen LogP contribution in [0.4, 0.5) is 17.3 Å². The number of aromatic nitrogens is 1. The van der Waals surface area contributed by atoms with E-state index < -0.39 is 0 Å². The Hall–Kier alpha value is -1.49. The third-order valence-corrected chi connectivity index (χ3v) is 3.09. The van der Waals surface area contributed by atoms with Crippen molar-refractivity contribution >= 4 is 17.3 Å². The van der Waals surface area contributed by atoms with Crippen LogP contribution in [-0.2, 0) is 0 Å². The monoisotopic (exact) mass is 222 g/mol. The minimum atomic E-state index is 0.127. The number of rotatable bonds is 4. The molecule has 0 radical (unpaired) electrons. The SMILES string of the molecule is Nc1ccc(N(CCO)C2CCC2)nc1N. The molecule has 0 spiro atoms. The fourth-order valence-electron chi connectivity index (χ4n) is 1.93. The van der Waals surface area contributed by atoms with Crippen LogP contribution in [0.2, 0.25) is 0 Å². The van der Waals surface area contributed by atoms with Gasteiger partial charge in [0, 0.05) is 12.6 Å². The Bertz CT molecular complexity index is 365. The van der Waals surface area contributed by atoms with E-state index in [0.29, 0.717) is 24.1 Å². The zero-order valence-electron chi connectivity index (χ0n) is 9.26. The number of nitrogen functional groups attached to an aromatic ring is 2. The summed E-state index contributed by atoms with van der Waals surface area (Å²) in [6.07, 6.45) is 3.56. The molecule has 0 saturated heterocycles. The summed E-state index contributed by atoms with van der Waals surface area (Å²) >= 11 is 0. The maximum Gasteiger partial charge on any atom is 0.149 e. The Labute approximate surface area is 95.1 Å². The van der Waals surface area contributed by atoms with Gasteiger partial charge >= 0.3 is 0 Å². The summed E-state index contributed by atoms with van der Waals surface area (Å²) in [6.45, 7) is 0.726. The predicted octanol–water partition coefficient (Wildman–Crippen LogP) is 0.597. The topological polar surface area (TPSA) is 88.4 Å². The number of aliphatic hydroxyl groups excluding tert-OH is 1. The molecule has 0 aromatic carbocycles. The van der Waals surface area contributed by atoms with Gasteiger partial charge in [-0.25, -0.2) is 4.98 Å². The number of nitrogens with two attached hydrogens (primary N) is 2. The molecule has 0 bridgehead atoms. The van der Waals surface area contributed by atoms with Gasteiger partial charge in [-0.1, -0.05) is 0 Å². The van der Waals surface area contributed by atoms with Crippen molar-refractivity contribution in [2.45, 2.75) is 25.3 Å². The van der Waals surface area contributed by atoms with Gasteiger partial charge in [-0.05, 0) is 31.4 Å². The van der Waals surface area contributed by atoms with E-state index in [2.05, 4.69) is 9.88 Å². The van der Waals surface area contributed by atoms with Crippen molar-refractivity contribution in [2.75, 3.05) is 29.5 Å². The molecular formula is C11H18N4O. The van der Waals surface area contributed by atoms with E-state index in [1.807, 2.05) is 6.07 Å². The average molecular weight is 222 g/mol. The van der Waals surface area contributed by atoms with Gasteiger partial charge < -0.3 is 21.5 Å². The summed E-state index contributed by atoms with van der Waals surface area (Å²) in [5.41, 5.74) is 11.8. The average Bonchev–Trinajstić information content (AvgIpc) is 2.19. The minimum absolute atomic E-state index is 0.127. The molecule has 88 valence electrons. The molecule has 1 heterocycles. The number of hydrogen-bond acceptors (Lipinski definition) is 5. The zero-order chi connectivity index (χ0) is 11.5. The van der Waals surface area contributed by atoms with Crippen LogP contribution in [0.25, 0.3) is 0 Å². The molecule has 1 aromatic rings. The molecular weight excluding hydrogens is 204 g/mol. The van der Waals surface area contributed by atoms with Gasteiger partial charge in [0.15, 0.2) is 0 Å². The fraction of sp³-hybridized carbons (Fsp3) is 0.545. The fourth-order valence-corrected chi connectivity index (χ4v) is 1.93. The molecule has 5 nitrogen and oxygen atoms in total. The molecule has 0 unspecified atom stereocenters. The third kappa shape index (κ3) is 2.04. The largest absolute Gasteiger partial charge is 0.396 e. The van der Waals surface area contributed by atoms with Crippen molar-refractivity contribution in [3.63, 3.8) is 0 Å².